The van der Waals surface area contributed by atoms with Crippen LogP contribution >= 0.6 is 11.3 Å². The first-order valence-corrected chi connectivity index (χ1v) is 6.55. The second-order valence-corrected chi connectivity index (χ2v) is 5.27. The van der Waals surface area contributed by atoms with Gasteiger partial charge in [0.05, 0.1) is 18.4 Å². The molecule has 2 aromatic rings. The van der Waals surface area contributed by atoms with E-state index >= 15 is 0 Å². The van der Waals surface area contributed by atoms with Gasteiger partial charge in [-0.1, -0.05) is 6.07 Å². The summed E-state index contributed by atoms with van der Waals surface area (Å²) in [4.78, 5) is 7.83. The summed E-state index contributed by atoms with van der Waals surface area (Å²) in [6.07, 6.45) is 1.84. The predicted molar refractivity (Wildman–Crippen MR) is 74.3 cm³/mol. The van der Waals surface area contributed by atoms with Gasteiger partial charge in [-0.05, 0) is 37.4 Å². The molecule has 0 fully saturated rings. The number of thiophene rings is 1. The molecule has 90 valence electrons. The van der Waals surface area contributed by atoms with Crippen LogP contribution in [0.25, 0.3) is 0 Å². The van der Waals surface area contributed by atoms with E-state index in [0.717, 1.165) is 12.2 Å². The molecule has 0 amide bonds. The highest BCUT2D eigenvalue weighted by molar-refractivity contribution is 7.09. The fourth-order valence-corrected chi connectivity index (χ4v) is 2.41. The number of anilines is 2. The van der Waals surface area contributed by atoms with Crippen LogP contribution < -0.4 is 10.6 Å². The van der Waals surface area contributed by atoms with Crippen molar-refractivity contribution in [1.82, 2.24) is 4.98 Å². The van der Waals surface area contributed by atoms with Crippen molar-refractivity contribution in [1.29, 1.82) is 0 Å². The summed E-state index contributed by atoms with van der Waals surface area (Å²) in [6.45, 7) is 5.29. The molecule has 2 N–H and O–H groups in total. The lowest BCUT2D eigenvalue weighted by atomic mass is 10.2. The van der Waals surface area contributed by atoms with Gasteiger partial charge in [0, 0.05) is 10.9 Å². The van der Waals surface area contributed by atoms with Crippen LogP contribution in [0.4, 0.5) is 11.5 Å². The van der Waals surface area contributed by atoms with E-state index in [1.165, 1.54) is 4.88 Å². The largest absolute Gasteiger partial charge is 0.384 e. The molecular weight excluding hydrogens is 230 g/mol. The second-order valence-electron chi connectivity index (χ2n) is 4.24. The highest BCUT2D eigenvalue weighted by Crippen LogP contribution is 2.21. The van der Waals surface area contributed by atoms with Gasteiger partial charge in [0.15, 0.2) is 0 Å². The molecule has 4 heteroatoms. The quantitative estimate of drug-likeness (QED) is 0.902. The standard InChI is InChI=1S/C13H17N3S/c1-10(2)16(9-12-4-3-7-17-12)11-5-6-13(14)15-8-11/h3-8,10H,9H2,1-2H3,(H2,14,15). The lowest BCUT2D eigenvalue weighted by Gasteiger charge is -2.28. The Balaban J connectivity index is 2.20. The van der Waals surface area contributed by atoms with E-state index in [9.17, 15) is 0 Å². The molecule has 0 aliphatic rings. The van der Waals surface area contributed by atoms with Crippen molar-refractivity contribution in [2.45, 2.75) is 26.4 Å². The number of nitrogen functional groups attached to an aromatic ring is 1. The van der Waals surface area contributed by atoms with Gasteiger partial charge in [-0.25, -0.2) is 4.98 Å². The smallest absolute Gasteiger partial charge is 0.123 e. The molecule has 2 aromatic heterocycles. The molecule has 0 unspecified atom stereocenters. The van der Waals surface area contributed by atoms with Crippen molar-refractivity contribution in [2.75, 3.05) is 10.6 Å². The molecule has 0 saturated carbocycles. The molecule has 0 aromatic carbocycles. The fraction of sp³-hybridized carbons (Fsp3) is 0.308. The number of nitrogens with zero attached hydrogens (tertiary/aromatic N) is 2. The third-order valence-electron chi connectivity index (χ3n) is 2.63. The second kappa shape index (κ2) is 5.19. The molecule has 0 spiro atoms. The van der Waals surface area contributed by atoms with E-state index in [-0.39, 0.29) is 0 Å². The molecule has 3 nitrogen and oxygen atoms in total. The molecule has 17 heavy (non-hydrogen) atoms. The minimum atomic E-state index is 0.433. The molecule has 0 aliphatic carbocycles. The Hall–Kier alpha value is -1.55. The molecule has 0 radical (unpaired) electrons. The number of rotatable bonds is 4. The topological polar surface area (TPSA) is 42.1 Å². The zero-order chi connectivity index (χ0) is 12.3. The minimum Gasteiger partial charge on any atom is -0.384 e. The van der Waals surface area contributed by atoms with Crippen molar-refractivity contribution in [3.05, 3.63) is 40.7 Å². The molecule has 0 aliphatic heterocycles. The lowest BCUT2D eigenvalue weighted by molar-refractivity contribution is 0.686. The lowest BCUT2D eigenvalue weighted by Crippen LogP contribution is -2.29. The first kappa shape index (κ1) is 11.9. The first-order valence-electron chi connectivity index (χ1n) is 5.67. The fourth-order valence-electron chi connectivity index (χ4n) is 1.71. The number of hydrogen-bond acceptors (Lipinski definition) is 4. The van der Waals surface area contributed by atoms with Gasteiger partial charge >= 0.3 is 0 Å². The van der Waals surface area contributed by atoms with Gasteiger partial charge < -0.3 is 10.6 Å². The Labute approximate surface area is 106 Å². The van der Waals surface area contributed by atoms with E-state index in [4.69, 9.17) is 5.73 Å². The predicted octanol–water partition coefficient (Wildman–Crippen LogP) is 3.14. The highest BCUT2D eigenvalue weighted by Gasteiger charge is 2.11. The van der Waals surface area contributed by atoms with Crippen molar-refractivity contribution in [2.24, 2.45) is 0 Å². The molecule has 2 rings (SSSR count). The summed E-state index contributed by atoms with van der Waals surface area (Å²) in [5.41, 5.74) is 6.72. The third kappa shape index (κ3) is 2.97. The summed E-state index contributed by atoms with van der Waals surface area (Å²) in [6, 6.07) is 8.54. The van der Waals surface area contributed by atoms with Gasteiger partial charge in [-0.2, -0.15) is 0 Å². The van der Waals surface area contributed by atoms with Crippen LogP contribution in [-0.2, 0) is 6.54 Å². The number of pyridine rings is 1. The Kier molecular flexibility index (Phi) is 3.64. The SMILES string of the molecule is CC(C)N(Cc1cccs1)c1ccc(N)nc1. The highest BCUT2D eigenvalue weighted by atomic mass is 32.1. The zero-order valence-corrected chi connectivity index (χ0v) is 10.9. The van der Waals surface area contributed by atoms with Crippen molar-refractivity contribution >= 4 is 22.8 Å². The van der Waals surface area contributed by atoms with E-state index < -0.39 is 0 Å². The average molecular weight is 247 g/mol. The minimum absolute atomic E-state index is 0.433. The average Bonchev–Trinajstić information content (AvgIpc) is 2.80. The maximum atomic E-state index is 5.61. The van der Waals surface area contributed by atoms with Gasteiger partial charge in [0.2, 0.25) is 0 Å². The van der Waals surface area contributed by atoms with Crippen LogP contribution in [0.5, 0.6) is 0 Å². The van der Waals surface area contributed by atoms with Crippen LogP contribution in [-0.4, -0.2) is 11.0 Å². The van der Waals surface area contributed by atoms with Crippen molar-refractivity contribution in [3.63, 3.8) is 0 Å². The Bertz CT molecular complexity index is 448. The van der Waals surface area contributed by atoms with Crippen LogP contribution in [0.2, 0.25) is 0 Å². The number of nitrogens with two attached hydrogens (primary N) is 1. The number of hydrogen-bond donors (Lipinski definition) is 1. The zero-order valence-electron chi connectivity index (χ0n) is 10.1. The van der Waals surface area contributed by atoms with E-state index in [1.54, 1.807) is 11.3 Å². The monoisotopic (exact) mass is 247 g/mol. The molecule has 0 saturated heterocycles. The van der Waals surface area contributed by atoms with Gasteiger partial charge in [0.25, 0.3) is 0 Å². The molecular formula is C13H17N3S. The van der Waals surface area contributed by atoms with E-state index in [1.807, 2.05) is 18.3 Å². The summed E-state index contributed by atoms with van der Waals surface area (Å²) in [5, 5.41) is 2.11. The van der Waals surface area contributed by atoms with Crippen molar-refractivity contribution in [3.8, 4) is 0 Å². The Morgan fingerprint density at radius 3 is 2.71 bits per heavy atom. The van der Waals surface area contributed by atoms with E-state index in [2.05, 4.69) is 41.2 Å². The van der Waals surface area contributed by atoms with Gasteiger partial charge in [-0.15, -0.1) is 11.3 Å². The van der Waals surface area contributed by atoms with Crippen molar-refractivity contribution < 1.29 is 0 Å². The normalized spacial score (nSPS) is 10.8. The van der Waals surface area contributed by atoms with Crippen LogP contribution in [0.1, 0.15) is 18.7 Å². The van der Waals surface area contributed by atoms with Gasteiger partial charge in [-0.3, -0.25) is 0 Å². The number of aromatic nitrogens is 1. The summed E-state index contributed by atoms with van der Waals surface area (Å²) in [7, 11) is 0. The maximum absolute atomic E-state index is 5.61. The third-order valence-corrected chi connectivity index (χ3v) is 3.49. The van der Waals surface area contributed by atoms with Gasteiger partial charge in [0.1, 0.15) is 5.82 Å². The Morgan fingerprint density at radius 2 is 2.18 bits per heavy atom. The maximum Gasteiger partial charge on any atom is 0.123 e. The van der Waals surface area contributed by atoms with Crippen LogP contribution in [0.3, 0.4) is 0 Å². The molecule has 0 bridgehead atoms. The first-order chi connectivity index (χ1) is 8.16. The summed E-state index contributed by atoms with van der Waals surface area (Å²) < 4.78 is 0. The molecule has 0 atom stereocenters. The molecule has 2 heterocycles. The van der Waals surface area contributed by atoms with E-state index in [0.29, 0.717) is 11.9 Å². The Morgan fingerprint density at radius 1 is 1.35 bits per heavy atom. The summed E-state index contributed by atoms with van der Waals surface area (Å²) in [5.74, 6) is 0.563. The van der Waals surface area contributed by atoms with Crippen LogP contribution in [0, 0.1) is 0 Å². The van der Waals surface area contributed by atoms with Crippen LogP contribution in [0.15, 0.2) is 35.8 Å². The summed E-state index contributed by atoms with van der Waals surface area (Å²) >= 11 is 1.78.